The smallest absolute Gasteiger partial charge is 0.0380 e. The first-order chi connectivity index (χ1) is 6.11. The molecule has 0 aromatic carbocycles. The van der Waals surface area contributed by atoms with Gasteiger partial charge < -0.3 is 11.5 Å². The summed E-state index contributed by atoms with van der Waals surface area (Å²) in [5, 5.41) is 0. The van der Waals surface area contributed by atoms with Gasteiger partial charge in [0.1, 0.15) is 0 Å². The van der Waals surface area contributed by atoms with Crippen molar-refractivity contribution >= 4 is 5.69 Å². The molecule has 13 heavy (non-hydrogen) atoms. The lowest BCUT2D eigenvalue weighted by molar-refractivity contribution is 0.586. The van der Waals surface area contributed by atoms with Crippen molar-refractivity contribution in [3.8, 4) is 0 Å². The molecule has 0 aliphatic heterocycles. The Hall–Kier alpha value is -1.09. The van der Waals surface area contributed by atoms with Crippen LogP contribution in [0.3, 0.4) is 0 Å². The molecule has 72 valence electrons. The number of hydrogen-bond donors (Lipinski definition) is 2. The molecule has 0 spiro atoms. The second kappa shape index (κ2) is 4.23. The normalized spacial score (nSPS) is 15.3. The number of nitrogen functional groups attached to an aromatic ring is 1. The SMILES string of the molecule is CC(N)CC(C)c1cnccc1N. The number of pyridine rings is 1. The van der Waals surface area contributed by atoms with Crippen molar-refractivity contribution in [3.63, 3.8) is 0 Å². The standard InChI is InChI=1S/C10H17N3/c1-7(5-8(2)11)9-6-13-4-3-10(9)12/h3-4,6-8H,5,11H2,1-2H3,(H2,12,13). The topological polar surface area (TPSA) is 64.9 Å². The summed E-state index contributed by atoms with van der Waals surface area (Å²) in [4.78, 5) is 4.05. The largest absolute Gasteiger partial charge is 0.398 e. The number of rotatable bonds is 3. The summed E-state index contributed by atoms with van der Waals surface area (Å²) >= 11 is 0. The van der Waals surface area contributed by atoms with Crippen LogP contribution in [0.4, 0.5) is 5.69 Å². The first kappa shape index (κ1) is 9.99. The molecule has 4 N–H and O–H groups in total. The fourth-order valence-corrected chi connectivity index (χ4v) is 1.51. The fraction of sp³-hybridized carbons (Fsp3) is 0.500. The highest BCUT2D eigenvalue weighted by atomic mass is 14.7. The Morgan fingerprint density at radius 3 is 2.69 bits per heavy atom. The van der Waals surface area contributed by atoms with E-state index in [1.165, 1.54) is 0 Å². The zero-order valence-corrected chi connectivity index (χ0v) is 8.20. The molecule has 1 aromatic heterocycles. The second-order valence-corrected chi connectivity index (χ2v) is 3.62. The van der Waals surface area contributed by atoms with Gasteiger partial charge in [-0.25, -0.2) is 0 Å². The third-order valence-corrected chi connectivity index (χ3v) is 2.14. The van der Waals surface area contributed by atoms with Crippen molar-refractivity contribution in [1.29, 1.82) is 0 Å². The number of anilines is 1. The minimum Gasteiger partial charge on any atom is -0.398 e. The van der Waals surface area contributed by atoms with Gasteiger partial charge in [0.15, 0.2) is 0 Å². The van der Waals surface area contributed by atoms with Crippen molar-refractivity contribution in [2.45, 2.75) is 32.2 Å². The van der Waals surface area contributed by atoms with Crippen molar-refractivity contribution in [1.82, 2.24) is 4.98 Å². The predicted molar refractivity (Wildman–Crippen MR) is 55.3 cm³/mol. The molecule has 0 radical (unpaired) electrons. The molecule has 1 aromatic rings. The van der Waals surface area contributed by atoms with Gasteiger partial charge in [0.05, 0.1) is 0 Å². The van der Waals surface area contributed by atoms with Crippen LogP contribution in [0, 0.1) is 0 Å². The van der Waals surface area contributed by atoms with E-state index in [0.717, 1.165) is 17.7 Å². The lowest BCUT2D eigenvalue weighted by Crippen LogP contribution is -2.18. The van der Waals surface area contributed by atoms with Gasteiger partial charge in [0, 0.05) is 24.1 Å². The average molecular weight is 179 g/mol. The van der Waals surface area contributed by atoms with Crippen LogP contribution >= 0.6 is 0 Å². The molecule has 0 aliphatic carbocycles. The molecule has 0 aliphatic rings. The summed E-state index contributed by atoms with van der Waals surface area (Å²) in [6.07, 6.45) is 4.47. The fourth-order valence-electron chi connectivity index (χ4n) is 1.51. The van der Waals surface area contributed by atoms with Gasteiger partial charge in [0.25, 0.3) is 0 Å². The summed E-state index contributed by atoms with van der Waals surface area (Å²) in [6, 6.07) is 2.03. The van der Waals surface area contributed by atoms with Gasteiger partial charge in [-0.05, 0) is 30.9 Å². The van der Waals surface area contributed by atoms with E-state index < -0.39 is 0 Å². The maximum atomic E-state index is 5.82. The third-order valence-electron chi connectivity index (χ3n) is 2.14. The van der Waals surface area contributed by atoms with Crippen molar-refractivity contribution < 1.29 is 0 Å². The first-order valence-electron chi connectivity index (χ1n) is 4.56. The highest BCUT2D eigenvalue weighted by molar-refractivity contribution is 5.46. The molecule has 1 rings (SSSR count). The molecule has 0 bridgehead atoms. The molecule has 0 saturated heterocycles. The summed E-state index contributed by atoms with van der Waals surface area (Å²) < 4.78 is 0. The van der Waals surface area contributed by atoms with Crippen LogP contribution in [0.2, 0.25) is 0 Å². The monoisotopic (exact) mass is 179 g/mol. The van der Waals surface area contributed by atoms with Crippen molar-refractivity contribution in [2.75, 3.05) is 5.73 Å². The van der Waals surface area contributed by atoms with E-state index in [4.69, 9.17) is 11.5 Å². The van der Waals surface area contributed by atoms with Crippen molar-refractivity contribution in [2.24, 2.45) is 5.73 Å². The van der Waals surface area contributed by atoms with Gasteiger partial charge in [0.2, 0.25) is 0 Å². The molecule has 0 amide bonds. The Labute approximate surface area is 79.2 Å². The summed E-state index contributed by atoms with van der Waals surface area (Å²) in [5.41, 5.74) is 13.4. The molecule has 2 unspecified atom stereocenters. The number of hydrogen-bond acceptors (Lipinski definition) is 3. The second-order valence-electron chi connectivity index (χ2n) is 3.62. The Morgan fingerprint density at radius 2 is 2.15 bits per heavy atom. The van der Waals surface area contributed by atoms with Crippen molar-refractivity contribution in [3.05, 3.63) is 24.0 Å². The van der Waals surface area contributed by atoms with Crippen LogP contribution in [0.15, 0.2) is 18.5 Å². The molecule has 3 nitrogen and oxygen atoms in total. The highest BCUT2D eigenvalue weighted by Crippen LogP contribution is 2.24. The van der Waals surface area contributed by atoms with E-state index in [-0.39, 0.29) is 6.04 Å². The van der Waals surface area contributed by atoms with Crippen LogP contribution in [0.25, 0.3) is 0 Å². The quantitative estimate of drug-likeness (QED) is 0.739. The Balaban J connectivity index is 2.76. The van der Waals surface area contributed by atoms with E-state index >= 15 is 0 Å². The molecule has 1 heterocycles. The maximum Gasteiger partial charge on any atom is 0.0380 e. The van der Waals surface area contributed by atoms with Gasteiger partial charge in [-0.15, -0.1) is 0 Å². The Morgan fingerprint density at radius 1 is 1.46 bits per heavy atom. The average Bonchev–Trinajstić information content (AvgIpc) is 2.03. The predicted octanol–water partition coefficient (Wildman–Crippen LogP) is 1.50. The maximum absolute atomic E-state index is 5.82. The van der Waals surface area contributed by atoms with E-state index in [1.807, 2.05) is 19.2 Å². The molecular weight excluding hydrogens is 162 g/mol. The number of nitrogens with zero attached hydrogens (tertiary/aromatic N) is 1. The van der Waals surface area contributed by atoms with Crippen LogP contribution in [-0.2, 0) is 0 Å². The zero-order chi connectivity index (χ0) is 9.84. The van der Waals surface area contributed by atoms with Crippen LogP contribution in [0.5, 0.6) is 0 Å². The molecule has 2 atom stereocenters. The van der Waals surface area contributed by atoms with Crippen LogP contribution in [-0.4, -0.2) is 11.0 Å². The van der Waals surface area contributed by atoms with E-state index in [0.29, 0.717) is 5.92 Å². The van der Waals surface area contributed by atoms with E-state index in [9.17, 15) is 0 Å². The number of aromatic nitrogens is 1. The Kier molecular flexibility index (Phi) is 3.25. The summed E-state index contributed by atoms with van der Waals surface area (Å²) in [6.45, 7) is 4.12. The van der Waals surface area contributed by atoms with Gasteiger partial charge in [-0.1, -0.05) is 6.92 Å². The molecule has 0 saturated carbocycles. The molecule has 0 fully saturated rings. The van der Waals surface area contributed by atoms with Gasteiger partial charge in [-0.2, -0.15) is 0 Å². The minimum atomic E-state index is 0.203. The minimum absolute atomic E-state index is 0.203. The van der Waals surface area contributed by atoms with Crippen LogP contribution in [0.1, 0.15) is 31.7 Å². The molecule has 3 heteroatoms. The zero-order valence-electron chi connectivity index (χ0n) is 8.20. The van der Waals surface area contributed by atoms with E-state index in [1.54, 1.807) is 6.20 Å². The summed E-state index contributed by atoms with van der Waals surface area (Å²) in [7, 11) is 0. The van der Waals surface area contributed by atoms with Gasteiger partial charge >= 0.3 is 0 Å². The summed E-state index contributed by atoms with van der Waals surface area (Å²) in [5.74, 6) is 0.383. The lowest BCUT2D eigenvalue weighted by Gasteiger charge is -2.15. The molecular formula is C10H17N3. The Bertz CT molecular complexity index is 271. The third kappa shape index (κ3) is 2.70. The number of nitrogens with two attached hydrogens (primary N) is 2. The first-order valence-corrected chi connectivity index (χ1v) is 4.56. The highest BCUT2D eigenvalue weighted by Gasteiger charge is 2.10. The van der Waals surface area contributed by atoms with Crippen LogP contribution < -0.4 is 11.5 Å². The lowest BCUT2D eigenvalue weighted by atomic mass is 9.95. The van der Waals surface area contributed by atoms with E-state index in [2.05, 4.69) is 11.9 Å². The van der Waals surface area contributed by atoms with Gasteiger partial charge in [-0.3, -0.25) is 4.98 Å².